The summed E-state index contributed by atoms with van der Waals surface area (Å²) in [5, 5.41) is 6.26. The maximum absolute atomic E-state index is 11.4. The van der Waals surface area contributed by atoms with Gasteiger partial charge in [0.15, 0.2) is 5.69 Å². The van der Waals surface area contributed by atoms with Crippen molar-refractivity contribution < 1.29 is 9.32 Å². The van der Waals surface area contributed by atoms with Crippen LogP contribution in [0, 0.1) is 6.92 Å². The van der Waals surface area contributed by atoms with Crippen LogP contribution in [-0.4, -0.2) is 43.1 Å². The molecule has 1 radical (unpaired) electrons. The molecular formula is C9H14N3O2. The van der Waals surface area contributed by atoms with Crippen LogP contribution in [0.25, 0.3) is 0 Å². The third kappa shape index (κ3) is 3.18. The molecule has 0 atom stereocenters. The lowest BCUT2D eigenvalue weighted by molar-refractivity contribution is 0.0942. The van der Waals surface area contributed by atoms with Gasteiger partial charge in [0.05, 0.1) is 0 Å². The first-order valence-electron chi connectivity index (χ1n) is 4.31. The molecule has 5 heteroatoms. The maximum atomic E-state index is 11.4. The molecule has 5 nitrogen and oxygen atoms in total. The standard InChI is InChI=1S/C9H14N3O2/c1-7-6-8(11-14-7)9(13)10-4-5-12(2)3/h6H,1,4-5H2,2-3H3,(H,10,13). The zero-order chi connectivity index (χ0) is 10.6. The van der Waals surface area contributed by atoms with E-state index in [1.807, 2.05) is 19.0 Å². The molecule has 77 valence electrons. The van der Waals surface area contributed by atoms with E-state index in [1.165, 1.54) is 6.07 Å². The molecule has 1 aromatic heterocycles. The van der Waals surface area contributed by atoms with Crippen LogP contribution in [0.3, 0.4) is 0 Å². The Hall–Kier alpha value is -1.36. The normalized spacial score (nSPS) is 10.6. The van der Waals surface area contributed by atoms with Crippen molar-refractivity contribution in [1.29, 1.82) is 0 Å². The van der Waals surface area contributed by atoms with E-state index in [2.05, 4.69) is 21.9 Å². The monoisotopic (exact) mass is 196 g/mol. The number of nitrogens with zero attached hydrogens (tertiary/aromatic N) is 2. The predicted molar refractivity (Wildman–Crippen MR) is 51.8 cm³/mol. The number of nitrogens with one attached hydrogen (secondary N) is 1. The highest BCUT2D eigenvalue weighted by atomic mass is 16.5. The zero-order valence-corrected chi connectivity index (χ0v) is 8.41. The van der Waals surface area contributed by atoms with Gasteiger partial charge in [-0.15, -0.1) is 0 Å². The molecule has 0 unspecified atom stereocenters. The maximum Gasteiger partial charge on any atom is 0.273 e. The average Bonchev–Trinajstić information content (AvgIpc) is 2.51. The highest BCUT2D eigenvalue weighted by Crippen LogP contribution is 2.00. The lowest BCUT2D eigenvalue weighted by atomic mass is 10.3. The number of hydrogen-bond acceptors (Lipinski definition) is 4. The Morgan fingerprint density at radius 2 is 2.43 bits per heavy atom. The van der Waals surface area contributed by atoms with Crippen molar-refractivity contribution in [2.75, 3.05) is 27.2 Å². The van der Waals surface area contributed by atoms with Crippen molar-refractivity contribution in [2.24, 2.45) is 0 Å². The summed E-state index contributed by atoms with van der Waals surface area (Å²) in [4.78, 5) is 13.3. The van der Waals surface area contributed by atoms with Gasteiger partial charge >= 0.3 is 0 Å². The first kappa shape index (κ1) is 10.7. The van der Waals surface area contributed by atoms with E-state index in [4.69, 9.17) is 0 Å². The topological polar surface area (TPSA) is 58.4 Å². The van der Waals surface area contributed by atoms with E-state index in [-0.39, 0.29) is 11.6 Å². The fraction of sp³-hybridized carbons (Fsp3) is 0.444. The summed E-state index contributed by atoms with van der Waals surface area (Å²) >= 11 is 0. The second-order valence-electron chi connectivity index (χ2n) is 3.24. The number of rotatable bonds is 4. The predicted octanol–water partition coefficient (Wildman–Crippen LogP) is 0.148. The molecule has 0 aromatic carbocycles. The first-order chi connectivity index (χ1) is 6.59. The summed E-state index contributed by atoms with van der Waals surface area (Å²) in [6.07, 6.45) is 0. The van der Waals surface area contributed by atoms with E-state index >= 15 is 0 Å². The van der Waals surface area contributed by atoms with E-state index < -0.39 is 0 Å². The van der Waals surface area contributed by atoms with Crippen molar-refractivity contribution in [2.45, 2.75) is 0 Å². The van der Waals surface area contributed by atoms with E-state index in [0.717, 1.165) is 6.54 Å². The number of likely N-dealkylation sites (N-methyl/N-ethyl adjacent to an activating group) is 1. The molecule has 0 fully saturated rings. The molecule has 1 heterocycles. The first-order valence-corrected chi connectivity index (χ1v) is 4.31. The molecule has 0 saturated heterocycles. The summed E-state index contributed by atoms with van der Waals surface area (Å²) in [7, 11) is 3.88. The Morgan fingerprint density at radius 1 is 1.71 bits per heavy atom. The fourth-order valence-corrected chi connectivity index (χ4v) is 0.904. The molecule has 14 heavy (non-hydrogen) atoms. The van der Waals surface area contributed by atoms with Gasteiger partial charge in [-0.25, -0.2) is 0 Å². The van der Waals surface area contributed by atoms with Crippen molar-refractivity contribution in [1.82, 2.24) is 15.4 Å². The minimum Gasteiger partial charge on any atom is -0.361 e. The Morgan fingerprint density at radius 3 is 2.93 bits per heavy atom. The van der Waals surface area contributed by atoms with Gasteiger partial charge in [0.2, 0.25) is 0 Å². The van der Waals surface area contributed by atoms with Crippen LogP contribution in [0.5, 0.6) is 0 Å². The van der Waals surface area contributed by atoms with Gasteiger partial charge in [0, 0.05) is 26.1 Å². The summed E-state index contributed by atoms with van der Waals surface area (Å²) in [6.45, 7) is 4.90. The fourth-order valence-electron chi connectivity index (χ4n) is 0.904. The van der Waals surface area contributed by atoms with Gasteiger partial charge in [0.1, 0.15) is 5.76 Å². The van der Waals surface area contributed by atoms with Crippen LogP contribution >= 0.6 is 0 Å². The number of hydrogen-bond donors (Lipinski definition) is 1. The number of amides is 1. The molecule has 1 aromatic rings. The van der Waals surface area contributed by atoms with Crippen molar-refractivity contribution >= 4 is 5.91 Å². The van der Waals surface area contributed by atoms with Crippen LogP contribution in [0.1, 0.15) is 16.2 Å². The Balaban J connectivity index is 2.36. The zero-order valence-electron chi connectivity index (χ0n) is 8.41. The molecule has 1 amide bonds. The average molecular weight is 196 g/mol. The minimum absolute atomic E-state index is 0.231. The van der Waals surface area contributed by atoms with Crippen LogP contribution in [0.15, 0.2) is 10.6 Å². The van der Waals surface area contributed by atoms with Gasteiger partial charge in [-0.2, -0.15) is 0 Å². The molecule has 0 aliphatic heterocycles. The lowest BCUT2D eigenvalue weighted by Gasteiger charge is -2.08. The van der Waals surface area contributed by atoms with Crippen LogP contribution in [-0.2, 0) is 0 Å². The van der Waals surface area contributed by atoms with Crippen LogP contribution in [0.2, 0.25) is 0 Å². The van der Waals surface area contributed by atoms with E-state index in [1.54, 1.807) is 0 Å². The quantitative estimate of drug-likeness (QED) is 0.744. The summed E-state index contributed by atoms with van der Waals surface area (Å²) in [5.41, 5.74) is 0.272. The Labute approximate surface area is 83.1 Å². The summed E-state index contributed by atoms with van der Waals surface area (Å²) < 4.78 is 4.68. The van der Waals surface area contributed by atoms with Crippen molar-refractivity contribution in [3.8, 4) is 0 Å². The molecule has 0 bridgehead atoms. The number of aromatic nitrogens is 1. The second-order valence-corrected chi connectivity index (χ2v) is 3.24. The van der Waals surface area contributed by atoms with Gasteiger partial charge in [0.25, 0.3) is 5.91 Å². The summed E-state index contributed by atoms with van der Waals surface area (Å²) in [5.74, 6) is 0.160. The number of carbonyl (C=O) groups is 1. The highest BCUT2D eigenvalue weighted by molar-refractivity contribution is 5.92. The molecule has 1 rings (SSSR count). The molecule has 0 spiro atoms. The van der Waals surface area contributed by atoms with Gasteiger partial charge in [-0.3, -0.25) is 4.79 Å². The second kappa shape index (κ2) is 4.76. The lowest BCUT2D eigenvalue weighted by Crippen LogP contribution is -2.31. The third-order valence-electron chi connectivity index (χ3n) is 1.64. The van der Waals surface area contributed by atoms with Crippen molar-refractivity contribution in [3.05, 3.63) is 24.4 Å². The van der Waals surface area contributed by atoms with E-state index in [0.29, 0.717) is 12.3 Å². The van der Waals surface area contributed by atoms with Crippen LogP contribution in [0.4, 0.5) is 0 Å². The molecule has 0 aliphatic carbocycles. The van der Waals surface area contributed by atoms with Gasteiger partial charge < -0.3 is 14.7 Å². The summed E-state index contributed by atoms with van der Waals surface area (Å²) in [6, 6.07) is 1.50. The highest BCUT2D eigenvalue weighted by Gasteiger charge is 2.09. The van der Waals surface area contributed by atoms with Gasteiger partial charge in [-0.05, 0) is 14.1 Å². The van der Waals surface area contributed by atoms with Crippen LogP contribution < -0.4 is 5.32 Å². The largest absolute Gasteiger partial charge is 0.361 e. The van der Waals surface area contributed by atoms with E-state index in [9.17, 15) is 4.79 Å². The third-order valence-corrected chi connectivity index (χ3v) is 1.64. The smallest absolute Gasteiger partial charge is 0.273 e. The molecule has 0 aliphatic rings. The SMILES string of the molecule is [CH2]c1cc(C(=O)NCCN(C)C)no1. The Kier molecular flexibility index (Phi) is 3.64. The Bertz CT molecular complexity index is 307. The molecule has 0 saturated carbocycles. The molecular weight excluding hydrogens is 182 g/mol. The van der Waals surface area contributed by atoms with Gasteiger partial charge in [-0.1, -0.05) is 5.16 Å². The minimum atomic E-state index is -0.231. The number of carbonyl (C=O) groups excluding carboxylic acids is 1. The van der Waals surface area contributed by atoms with Crippen molar-refractivity contribution in [3.63, 3.8) is 0 Å². The molecule has 1 N–H and O–H groups in total.